The van der Waals surface area contributed by atoms with Gasteiger partial charge in [-0.25, -0.2) is 9.78 Å². The van der Waals surface area contributed by atoms with E-state index in [0.29, 0.717) is 0 Å². The zero-order chi connectivity index (χ0) is 15.4. The van der Waals surface area contributed by atoms with Crippen molar-refractivity contribution < 1.29 is 19.6 Å². The zero-order valence-corrected chi connectivity index (χ0v) is 10.5. The van der Waals surface area contributed by atoms with Crippen LogP contribution in [0.25, 0.3) is 0 Å². The minimum absolute atomic E-state index is 0.00398. The number of carbonyl (C=O) groups is 2. The number of aromatic carboxylic acids is 1. The Morgan fingerprint density at radius 1 is 1.38 bits per heavy atom. The molecule has 0 bridgehead atoms. The molecule has 2 aromatic heterocycles. The Morgan fingerprint density at radius 3 is 2.67 bits per heavy atom. The lowest BCUT2D eigenvalue weighted by atomic mass is 10.3. The molecular weight excluding hydrogens is 282 g/mol. The number of anilines is 1. The van der Waals surface area contributed by atoms with Gasteiger partial charge in [-0.15, -0.1) is 0 Å². The molecule has 0 saturated heterocycles. The number of hydrogen-bond acceptors (Lipinski definition) is 6. The largest absolute Gasteiger partial charge is 0.478 e. The lowest BCUT2D eigenvalue weighted by Gasteiger charge is -2.04. The molecule has 108 valence electrons. The fourth-order valence-corrected chi connectivity index (χ4v) is 1.46. The minimum Gasteiger partial charge on any atom is -0.478 e. The Labute approximate surface area is 117 Å². The minimum atomic E-state index is -1.12. The van der Waals surface area contributed by atoms with Crippen LogP contribution in [0.2, 0.25) is 0 Å². The van der Waals surface area contributed by atoms with Crippen LogP contribution in [-0.4, -0.2) is 36.7 Å². The Hall–Kier alpha value is -3.30. The average molecular weight is 291 g/mol. The van der Waals surface area contributed by atoms with Crippen LogP contribution >= 0.6 is 0 Å². The Kier molecular flexibility index (Phi) is 3.88. The first-order valence-electron chi connectivity index (χ1n) is 5.62. The molecule has 2 rings (SSSR count). The van der Waals surface area contributed by atoms with E-state index < -0.39 is 16.8 Å². The van der Waals surface area contributed by atoms with E-state index in [2.05, 4.69) is 15.4 Å². The van der Waals surface area contributed by atoms with E-state index in [1.807, 2.05) is 0 Å². The SMILES string of the molecule is O=C(Cn1cc([N+](=O)[O-])cn1)Nc1ccc(C(=O)O)cn1. The number of nitro groups is 1. The molecule has 1 amide bonds. The number of nitrogens with zero attached hydrogens (tertiary/aromatic N) is 4. The standard InChI is InChI=1S/C11H9N5O5/c17-10(6-15-5-8(4-13-15)16(20)21)14-9-2-1-7(3-12-9)11(18)19/h1-5H,6H2,(H,18,19)(H,12,14,17). The van der Waals surface area contributed by atoms with Gasteiger partial charge in [-0.2, -0.15) is 5.10 Å². The van der Waals surface area contributed by atoms with Gasteiger partial charge in [0.15, 0.2) is 0 Å². The van der Waals surface area contributed by atoms with Crippen LogP contribution in [0, 0.1) is 10.1 Å². The number of pyridine rings is 1. The molecule has 10 heteroatoms. The quantitative estimate of drug-likeness (QED) is 0.604. The van der Waals surface area contributed by atoms with Crippen molar-refractivity contribution in [3.63, 3.8) is 0 Å². The second-order valence-corrected chi connectivity index (χ2v) is 3.94. The molecule has 0 aromatic carbocycles. The van der Waals surface area contributed by atoms with E-state index in [4.69, 9.17) is 5.11 Å². The Balaban J connectivity index is 1.97. The third kappa shape index (κ3) is 3.59. The van der Waals surface area contributed by atoms with Gasteiger partial charge < -0.3 is 10.4 Å². The third-order valence-electron chi connectivity index (χ3n) is 2.41. The second-order valence-electron chi connectivity index (χ2n) is 3.94. The molecule has 0 saturated carbocycles. The van der Waals surface area contributed by atoms with Crippen LogP contribution < -0.4 is 5.32 Å². The summed E-state index contributed by atoms with van der Waals surface area (Å²) in [5.41, 5.74) is -0.220. The summed E-state index contributed by atoms with van der Waals surface area (Å²) >= 11 is 0. The molecule has 0 aliphatic heterocycles. The summed E-state index contributed by atoms with van der Waals surface area (Å²) in [5.74, 6) is -1.44. The molecule has 0 aliphatic rings. The first-order valence-corrected chi connectivity index (χ1v) is 5.62. The molecule has 2 heterocycles. The van der Waals surface area contributed by atoms with Crippen molar-refractivity contribution in [2.24, 2.45) is 0 Å². The molecule has 21 heavy (non-hydrogen) atoms. The Bertz CT molecular complexity index is 693. The molecular formula is C11H9N5O5. The van der Waals surface area contributed by atoms with Gasteiger partial charge in [-0.1, -0.05) is 0 Å². The van der Waals surface area contributed by atoms with E-state index in [1.54, 1.807) is 0 Å². The van der Waals surface area contributed by atoms with Crippen LogP contribution in [0.1, 0.15) is 10.4 Å². The van der Waals surface area contributed by atoms with Gasteiger partial charge in [0.25, 0.3) is 0 Å². The molecule has 0 spiro atoms. The van der Waals surface area contributed by atoms with Crippen molar-refractivity contribution in [2.45, 2.75) is 6.54 Å². The van der Waals surface area contributed by atoms with E-state index in [-0.39, 0.29) is 23.6 Å². The highest BCUT2D eigenvalue weighted by Gasteiger charge is 2.12. The number of carbonyl (C=O) groups excluding carboxylic acids is 1. The molecule has 2 aromatic rings. The maximum Gasteiger partial charge on any atom is 0.337 e. The van der Waals surface area contributed by atoms with Crippen molar-refractivity contribution in [3.05, 3.63) is 46.4 Å². The predicted molar refractivity (Wildman–Crippen MR) is 68.7 cm³/mol. The summed E-state index contributed by atoms with van der Waals surface area (Å²) in [5, 5.41) is 25.3. The molecule has 0 fully saturated rings. The molecule has 2 N–H and O–H groups in total. The van der Waals surface area contributed by atoms with Gasteiger partial charge in [0.05, 0.1) is 10.5 Å². The topological polar surface area (TPSA) is 140 Å². The van der Waals surface area contributed by atoms with Crippen LogP contribution in [0.4, 0.5) is 11.5 Å². The highest BCUT2D eigenvalue weighted by Crippen LogP contribution is 2.08. The number of nitrogens with one attached hydrogen (secondary N) is 1. The van der Waals surface area contributed by atoms with Crippen molar-refractivity contribution in [3.8, 4) is 0 Å². The number of carboxylic acids is 1. The van der Waals surface area contributed by atoms with Gasteiger partial charge in [-0.05, 0) is 12.1 Å². The van der Waals surface area contributed by atoms with Gasteiger partial charge >= 0.3 is 11.7 Å². The van der Waals surface area contributed by atoms with Crippen LogP contribution in [-0.2, 0) is 11.3 Å². The van der Waals surface area contributed by atoms with Crippen molar-refractivity contribution in [1.29, 1.82) is 0 Å². The van der Waals surface area contributed by atoms with Gasteiger partial charge in [0, 0.05) is 6.20 Å². The maximum atomic E-state index is 11.7. The number of carboxylic acid groups (broad SMARTS) is 1. The smallest absolute Gasteiger partial charge is 0.337 e. The van der Waals surface area contributed by atoms with Crippen LogP contribution in [0.15, 0.2) is 30.7 Å². The van der Waals surface area contributed by atoms with Crippen LogP contribution in [0.5, 0.6) is 0 Å². The summed E-state index contributed by atoms with van der Waals surface area (Å²) in [7, 11) is 0. The monoisotopic (exact) mass is 291 g/mol. The molecule has 0 aliphatic carbocycles. The molecule has 0 unspecified atom stereocenters. The predicted octanol–water partition coefficient (Wildman–Crippen LogP) is 0.523. The average Bonchev–Trinajstić information content (AvgIpc) is 2.87. The van der Waals surface area contributed by atoms with Crippen molar-refractivity contribution in [1.82, 2.24) is 14.8 Å². The van der Waals surface area contributed by atoms with E-state index in [0.717, 1.165) is 23.3 Å². The fourth-order valence-electron chi connectivity index (χ4n) is 1.46. The molecule has 10 nitrogen and oxygen atoms in total. The highest BCUT2D eigenvalue weighted by atomic mass is 16.6. The number of rotatable bonds is 5. The van der Waals surface area contributed by atoms with E-state index in [9.17, 15) is 19.7 Å². The summed E-state index contributed by atoms with van der Waals surface area (Å²) < 4.78 is 1.11. The first-order chi connectivity index (χ1) is 9.95. The summed E-state index contributed by atoms with van der Waals surface area (Å²) in [6.45, 7) is -0.226. The summed E-state index contributed by atoms with van der Waals surface area (Å²) in [6.07, 6.45) is 3.27. The van der Waals surface area contributed by atoms with Gasteiger partial charge in [0.1, 0.15) is 24.8 Å². The summed E-state index contributed by atoms with van der Waals surface area (Å²) in [4.78, 5) is 35.9. The van der Waals surface area contributed by atoms with Crippen molar-refractivity contribution >= 4 is 23.4 Å². The van der Waals surface area contributed by atoms with Gasteiger partial charge in [0.2, 0.25) is 5.91 Å². The van der Waals surface area contributed by atoms with Gasteiger partial charge in [-0.3, -0.25) is 19.6 Å². The second kappa shape index (κ2) is 5.77. The van der Waals surface area contributed by atoms with E-state index >= 15 is 0 Å². The van der Waals surface area contributed by atoms with Crippen molar-refractivity contribution in [2.75, 3.05) is 5.32 Å². The van der Waals surface area contributed by atoms with Crippen LogP contribution in [0.3, 0.4) is 0 Å². The summed E-state index contributed by atoms with van der Waals surface area (Å²) in [6, 6.07) is 2.64. The normalized spacial score (nSPS) is 10.1. The molecule has 0 atom stereocenters. The highest BCUT2D eigenvalue weighted by molar-refractivity contribution is 5.91. The number of hydrogen-bond donors (Lipinski definition) is 2. The third-order valence-corrected chi connectivity index (χ3v) is 2.41. The Morgan fingerprint density at radius 2 is 2.14 bits per heavy atom. The number of aromatic nitrogens is 3. The first kappa shape index (κ1) is 14.1. The molecule has 0 radical (unpaired) electrons. The zero-order valence-electron chi connectivity index (χ0n) is 10.5. The number of amides is 1. The lowest BCUT2D eigenvalue weighted by molar-refractivity contribution is -0.385. The lowest BCUT2D eigenvalue weighted by Crippen LogP contribution is -2.19. The van der Waals surface area contributed by atoms with E-state index in [1.165, 1.54) is 12.1 Å². The maximum absolute atomic E-state index is 11.7. The fraction of sp³-hybridized carbons (Fsp3) is 0.0909.